The molecular weight excluding hydrogens is 335 g/mol. The van der Waals surface area contributed by atoms with Crippen molar-refractivity contribution in [2.24, 2.45) is 5.14 Å². The summed E-state index contributed by atoms with van der Waals surface area (Å²) in [7, 11) is -3.70. The van der Waals surface area contributed by atoms with Gasteiger partial charge in [0.15, 0.2) is 0 Å². The van der Waals surface area contributed by atoms with Crippen LogP contribution in [0.5, 0.6) is 0 Å². The molecule has 7 heteroatoms. The van der Waals surface area contributed by atoms with E-state index < -0.39 is 10.0 Å². The maximum atomic E-state index is 13.0. The van der Waals surface area contributed by atoms with Crippen molar-refractivity contribution >= 4 is 21.4 Å². The molecule has 0 saturated heterocycles. The molecule has 2 aromatic carbocycles. The predicted molar refractivity (Wildman–Crippen MR) is 89.1 cm³/mol. The van der Waals surface area contributed by atoms with Crippen LogP contribution in [0, 0.1) is 12.7 Å². The summed E-state index contributed by atoms with van der Waals surface area (Å²) in [5.41, 5.74) is 2.44. The number of hydrogen-bond acceptors (Lipinski definition) is 4. The molecule has 0 unspecified atom stereocenters. The van der Waals surface area contributed by atoms with Crippen LogP contribution in [0.3, 0.4) is 0 Å². The zero-order valence-electron chi connectivity index (χ0n) is 12.2. The zero-order valence-corrected chi connectivity index (χ0v) is 13.8. The minimum Gasteiger partial charge on any atom is -0.236 e. The molecule has 0 atom stereocenters. The molecule has 1 heterocycles. The Hall–Kier alpha value is -2.09. The number of thiazole rings is 1. The van der Waals surface area contributed by atoms with Gasteiger partial charge in [0.2, 0.25) is 10.0 Å². The molecule has 0 saturated carbocycles. The number of hydrogen-bond donors (Lipinski definition) is 1. The third-order valence-corrected chi connectivity index (χ3v) is 5.29. The first-order valence-corrected chi connectivity index (χ1v) is 9.07. The molecule has 23 heavy (non-hydrogen) atoms. The minimum atomic E-state index is -3.70. The van der Waals surface area contributed by atoms with Crippen LogP contribution in [-0.4, -0.2) is 13.4 Å². The highest BCUT2D eigenvalue weighted by atomic mass is 32.2. The molecule has 118 valence electrons. The Balaban J connectivity index is 1.99. The number of halogens is 1. The summed E-state index contributed by atoms with van der Waals surface area (Å²) in [6.07, 6.45) is 0. The average Bonchev–Trinajstić information content (AvgIpc) is 2.89. The van der Waals surface area contributed by atoms with Crippen molar-refractivity contribution in [3.8, 4) is 21.8 Å². The number of sulfonamides is 1. The maximum Gasteiger partial charge on any atom is 0.238 e. The molecular formula is C16H13FN2O2S2. The van der Waals surface area contributed by atoms with Gasteiger partial charge in [0.25, 0.3) is 0 Å². The summed E-state index contributed by atoms with van der Waals surface area (Å²) >= 11 is 1.49. The van der Waals surface area contributed by atoms with Gasteiger partial charge in [-0.2, -0.15) is 0 Å². The summed E-state index contributed by atoms with van der Waals surface area (Å²) in [6, 6.07) is 12.4. The van der Waals surface area contributed by atoms with Crippen LogP contribution in [0.25, 0.3) is 21.8 Å². The van der Waals surface area contributed by atoms with Crippen molar-refractivity contribution in [3.63, 3.8) is 0 Å². The summed E-state index contributed by atoms with van der Waals surface area (Å²) in [5.74, 6) is -0.291. The standard InChI is InChI=1S/C16H13FN2O2S2/c1-10-15(11-2-6-13(17)7-3-11)19-16(22-10)12-4-8-14(9-5-12)23(18,20)21/h2-9H,1H3,(H2,18,20,21). The number of nitrogens with two attached hydrogens (primary N) is 1. The van der Waals surface area contributed by atoms with E-state index in [2.05, 4.69) is 4.98 Å². The Labute approximate surface area is 137 Å². The van der Waals surface area contributed by atoms with E-state index in [0.29, 0.717) is 0 Å². The Bertz CT molecular complexity index is 947. The van der Waals surface area contributed by atoms with E-state index >= 15 is 0 Å². The lowest BCUT2D eigenvalue weighted by Gasteiger charge is -2.00. The summed E-state index contributed by atoms with van der Waals surface area (Å²) < 4.78 is 35.6. The van der Waals surface area contributed by atoms with Crippen molar-refractivity contribution in [3.05, 3.63) is 59.2 Å². The van der Waals surface area contributed by atoms with Crippen LogP contribution in [0.15, 0.2) is 53.4 Å². The van der Waals surface area contributed by atoms with Crippen LogP contribution >= 0.6 is 11.3 Å². The van der Waals surface area contributed by atoms with Gasteiger partial charge in [0.1, 0.15) is 10.8 Å². The Kier molecular flexibility index (Phi) is 4.01. The van der Waals surface area contributed by atoms with Gasteiger partial charge in [0.05, 0.1) is 10.6 Å². The summed E-state index contributed by atoms with van der Waals surface area (Å²) in [4.78, 5) is 5.65. The van der Waals surface area contributed by atoms with Crippen molar-refractivity contribution in [2.45, 2.75) is 11.8 Å². The first kappa shape index (κ1) is 15.8. The Morgan fingerprint density at radius 1 is 1.00 bits per heavy atom. The first-order chi connectivity index (χ1) is 10.8. The molecule has 0 spiro atoms. The molecule has 1 aromatic heterocycles. The van der Waals surface area contributed by atoms with Crippen LogP contribution in [0.4, 0.5) is 4.39 Å². The van der Waals surface area contributed by atoms with E-state index in [1.54, 1.807) is 24.3 Å². The van der Waals surface area contributed by atoms with E-state index in [0.717, 1.165) is 26.7 Å². The fraction of sp³-hybridized carbons (Fsp3) is 0.0625. The molecule has 0 bridgehead atoms. The number of benzene rings is 2. The molecule has 0 fully saturated rings. The van der Waals surface area contributed by atoms with Crippen molar-refractivity contribution < 1.29 is 12.8 Å². The maximum absolute atomic E-state index is 13.0. The van der Waals surface area contributed by atoms with Crippen LogP contribution in [-0.2, 0) is 10.0 Å². The fourth-order valence-corrected chi connectivity index (χ4v) is 3.64. The lowest BCUT2D eigenvalue weighted by Crippen LogP contribution is -2.11. The third-order valence-electron chi connectivity index (χ3n) is 3.34. The number of nitrogens with zero attached hydrogens (tertiary/aromatic N) is 1. The second kappa shape index (κ2) is 5.84. The van der Waals surface area contributed by atoms with Gasteiger partial charge in [-0.1, -0.05) is 12.1 Å². The van der Waals surface area contributed by atoms with E-state index in [1.165, 1.54) is 35.6 Å². The topological polar surface area (TPSA) is 73.1 Å². The van der Waals surface area contributed by atoms with Gasteiger partial charge in [-0.25, -0.2) is 22.9 Å². The summed E-state index contributed by atoms with van der Waals surface area (Å²) in [6.45, 7) is 1.94. The van der Waals surface area contributed by atoms with E-state index in [-0.39, 0.29) is 10.7 Å². The SMILES string of the molecule is Cc1sc(-c2ccc(S(N)(=O)=O)cc2)nc1-c1ccc(F)cc1. The minimum absolute atomic E-state index is 0.0632. The van der Waals surface area contributed by atoms with Crippen LogP contribution < -0.4 is 5.14 Å². The quantitative estimate of drug-likeness (QED) is 0.786. The normalized spacial score (nSPS) is 11.6. The first-order valence-electron chi connectivity index (χ1n) is 6.71. The molecule has 3 aromatic rings. The lowest BCUT2D eigenvalue weighted by molar-refractivity contribution is 0.598. The van der Waals surface area contributed by atoms with Gasteiger partial charge in [-0.3, -0.25) is 0 Å². The number of aryl methyl sites for hydroxylation is 1. The molecule has 0 radical (unpaired) electrons. The fourth-order valence-electron chi connectivity index (χ4n) is 2.18. The lowest BCUT2D eigenvalue weighted by atomic mass is 10.1. The predicted octanol–water partition coefficient (Wildman–Crippen LogP) is 3.57. The summed E-state index contributed by atoms with van der Waals surface area (Å²) in [5, 5.41) is 5.86. The van der Waals surface area contributed by atoms with Gasteiger partial charge in [-0.15, -0.1) is 11.3 Å². The van der Waals surface area contributed by atoms with Crippen LogP contribution in [0.2, 0.25) is 0 Å². The molecule has 0 aliphatic heterocycles. The van der Waals surface area contributed by atoms with E-state index in [9.17, 15) is 12.8 Å². The van der Waals surface area contributed by atoms with Gasteiger partial charge < -0.3 is 0 Å². The highest BCUT2D eigenvalue weighted by Gasteiger charge is 2.13. The van der Waals surface area contributed by atoms with E-state index in [1.807, 2.05) is 6.92 Å². The third kappa shape index (κ3) is 3.31. The van der Waals surface area contributed by atoms with Crippen LogP contribution in [0.1, 0.15) is 4.88 Å². The highest BCUT2D eigenvalue weighted by molar-refractivity contribution is 7.89. The second-order valence-electron chi connectivity index (χ2n) is 5.00. The zero-order chi connectivity index (χ0) is 16.6. The molecule has 4 nitrogen and oxygen atoms in total. The van der Waals surface area contributed by atoms with Crippen molar-refractivity contribution in [2.75, 3.05) is 0 Å². The largest absolute Gasteiger partial charge is 0.238 e. The van der Waals surface area contributed by atoms with Gasteiger partial charge in [-0.05, 0) is 43.3 Å². The number of primary sulfonamides is 1. The molecule has 2 N–H and O–H groups in total. The number of rotatable bonds is 3. The molecule has 0 amide bonds. The molecule has 0 aliphatic rings. The van der Waals surface area contributed by atoms with Gasteiger partial charge in [0, 0.05) is 16.0 Å². The van der Waals surface area contributed by atoms with Crippen molar-refractivity contribution in [1.82, 2.24) is 4.98 Å². The smallest absolute Gasteiger partial charge is 0.236 e. The molecule has 0 aliphatic carbocycles. The highest BCUT2D eigenvalue weighted by Crippen LogP contribution is 2.33. The number of aromatic nitrogens is 1. The van der Waals surface area contributed by atoms with E-state index in [4.69, 9.17) is 5.14 Å². The van der Waals surface area contributed by atoms with Gasteiger partial charge >= 0.3 is 0 Å². The monoisotopic (exact) mass is 348 g/mol. The second-order valence-corrected chi connectivity index (χ2v) is 7.76. The van der Waals surface area contributed by atoms with Crippen molar-refractivity contribution in [1.29, 1.82) is 0 Å². The average molecular weight is 348 g/mol. The molecule has 3 rings (SSSR count). The Morgan fingerprint density at radius 2 is 1.57 bits per heavy atom. The Morgan fingerprint density at radius 3 is 2.13 bits per heavy atom.